The third kappa shape index (κ3) is 12.4. The van der Waals surface area contributed by atoms with Gasteiger partial charge in [-0.1, -0.05) is 111 Å². The van der Waals surface area contributed by atoms with Gasteiger partial charge in [-0.15, -0.1) is 0 Å². The van der Waals surface area contributed by atoms with Gasteiger partial charge in [-0.25, -0.2) is 9.59 Å². The molecule has 1 unspecified atom stereocenters. The van der Waals surface area contributed by atoms with Gasteiger partial charge in [0, 0.05) is 11.8 Å². The van der Waals surface area contributed by atoms with Gasteiger partial charge in [0.1, 0.15) is 37.9 Å². The number of carbonyl (C=O) groups is 6. The minimum absolute atomic E-state index is 0.0321. The molecule has 0 saturated heterocycles. The van der Waals surface area contributed by atoms with Crippen molar-refractivity contribution in [3.8, 4) is 22.3 Å². The van der Waals surface area contributed by atoms with E-state index in [2.05, 4.69) is 47.0 Å². The van der Waals surface area contributed by atoms with E-state index in [0.717, 1.165) is 22.3 Å². The Kier molecular flexibility index (Phi) is 16.9. The molecular weight excluding hydrogens is 720 g/mol. The number of benzene rings is 4. The number of aliphatic carboxylic acids is 2. The fraction of sp³-hybridized carbons (Fsp3) is 0.302. The molecule has 296 valence electrons. The first-order valence-corrected chi connectivity index (χ1v) is 18.0. The maximum Gasteiger partial charge on any atom is 0.407 e. The van der Waals surface area contributed by atoms with Gasteiger partial charge in [0.05, 0.1) is 12.0 Å². The first-order valence-electron chi connectivity index (χ1n) is 18.0. The van der Waals surface area contributed by atoms with Crippen LogP contribution in [0, 0.1) is 5.92 Å². The summed E-state index contributed by atoms with van der Waals surface area (Å²) < 4.78 is 10.6. The number of hydrogen-bond acceptors (Lipinski definition) is 9. The molecular formula is C43H48N2O11. The molecule has 2 aliphatic carbocycles. The van der Waals surface area contributed by atoms with Crippen LogP contribution < -0.4 is 10.6 Å². The Balaban J connectivity index is 0.000000238. The van der Waals surface area contributed by atoms with Crippen LogP contribution >= 0.6 is 0 Å². The number of ether oxygens (including phenoxy) is 2. The number of carboxylic acids is 2. The largest absolute Gasteiger partial charge is 0.481 e. The zero-order valence-electron chi connectivity index (χ0n) is 31.9. The van der Waals surface area contributed by atoms with Gasteiger partial charge in [0.2, 0.25) is 0 Å². The second kappa shape index (κ2) is 21.5. The van der Waals surface area contributed by atoms with Gasteiger partial charge in [-0.05, 0) is 65.3 Å². The number of aliphatic hydroxyl groups is 1. The van der Waals surface area contributed by atoms with Gasteiger partial charge in [0.15, 0.2) is 0 Å². The molecule has 4 aromatic rings. The van der Waals surface area contributed by atoms with Crippen LogP contribution in [0.15, 0.2) is 97.1 Å². The van der Waals surface area contributed by atoms with E-state index >= 15 is 0 Å². The Labute approximate surface area is 325 Å². The van der Waals surface area contributed by atoms with E-state index in [0.29, 0.717) is 12.6 Å². The molecule has 2 aliphatic rings. The van der Waals surface area contributed by atoms with Crippen LogP contribution in [0.1, 0.15) is 68.7 Å². The van der Waals surface area contributed by atoms with Gasteiger partial charge >= 0.3 is 24.1 Å². The van der Waals surface area contributed by atoms with Gasteiger partial charge < -0.3 is 45.0 Å². The number of aldehydes is 2. The van der Waals surface area contributed by atoms with Crippen LogP contribution in [-0.2, 0) is 28.7 Å². The maximum atomic E-state index is 11.7. The Hall–Kier alpha value is -6.34. The Bertz CT molecular complexity index is 1890. The van der Waals surface area contributed by atoms with Gasteiger partial charge in [-0.3, -0.25) is 9.59 Å². The van der Waals surface area contributed by atoms with E-state index in [1.807, 2.05) is 60.7 Å². The smallest absolute Gasteiger partial charge is 0.407 e. The van der Waals surface area contributed by atoms with Crippen molar-refractivity contribution in [3.63, 3.8) is 0 Å². The summed E-state index contributed by atoms with van der Waals surface area (Å²) in [4.78, 5) is 63.7. The summed E-state index contributed by atoms with van der Waals surface area (Å²) >= 11 is 0. The molecule has 0 spiro atoms. The quantitative estimate of drug-likeness (QED) is 0.112. The third-order valence-electron chi connectivity index (χ3n) is 8.63. The minimum atomic E-state index is -1.10. The van der Waals surface area contributed by atoms with Crippen molar-refractivity contribution in [2.45, 2.75) is 64.6 Å². The zero-order valence-corrected chi connectivity index (χ0v) is 31.9. The standard InChI is InChI=1S/C18H17NO4.C18H17NO3.C4H8O2.C3H6O2/c1-11(17(20)21)19-18(22)23-10-16-14-8-4-2-6-12(14)13-7-3-5-9-15(13)16;1-12(10-20)19-18(21)22-11-17-15-8-4-2-6-13(15)14-7-3-5-9-16(14)17;1-3(2)4(5)6;1-3(5)2-4/h2-9,11,16H,10H2,1H3,(H,19,22)(H,20,21);2-10,12,17H,11H2,1H3,(H,19,21);3H,1-2H3,(H,5,6);2-3,5H,1H3/t;12-;;3-/m.0.0/s1. The number of amides is 2. The number of alkyl carbamates (subject to hydrolysis) is 2. The summed E-state index contributed by atoms with van der Waals surface area (Å²) in [5.41, 5.74) is 9.24. The lowest BCUT2D eigenvalue weighted by Gasteiger charge is -2.15. The lowest BCUT2D eigenvalue weighted by atomic mass is 9.98. The van der Waals surface area contributed by atoms with Crippen LogP contribution in [0.25, 0.3) is 22.3 Å². The van der Waals surface area contributed by atoms with Crippen molar-refractivity contribution in [3.05, 3.63) is 119 Å². The second-order valence-corrected chi connectivity index (χ2v) is 13.3. The van der Waals surface area contributed by atoms with Crippen molar-refractivity contribution >= 4 is 36.7 Å². The van der Waals surface area contributed by atoms with Crippen LogP contribution in [0.2, 0.25) is 0 Å². The minimum Gasteiger partial charge on any atom is -0.481 e. The summed E-state index contributed by atoms with van der Waals surface area (Å²) in [6.07, 6.45) is -0.945. The summed E-state index contributed by atoms with van der Waals surface area (Å²) in [5.74, 6) is -2.07. The molecule has 13 heteroatoms. The molecule has 3 atom stereocenters. The van der Waals surface area contributed by atoms with Crippen LogP contribution in [-0.4, -0.2) is 83.4 Å². The number of fused-ring (bicyclic) bond motifs is 6. The monoisotopic (exact) mass is 768 g/mol. The Morgan fingerprint density at radius 2 is 0.875 bits per heavy atom. The Morgan fingerprint density at radius 3 is 1.14 bits per heavy atom. The molecule has 56 heavy (non-hydrogen) atoms. The molecule has 0 radical (unpaired) electrons. The number of carboxylic acid groups (broad SMARTS) is 2. The van der Waals surface area contributed by atoms with E-state index in [-0.39, 0.29) is 31.0 Å². The molecule has 2 amide bonds. The lowest BCUT2D eigenvalue weighted by Crippen LogP contribution is -2.39. The average Bonchev–Trinajstić information content (AvgIpc) is 3.69. The predicted octanol–water partition coefficient (Wildman–Crippen LogP) is 6.40. The zero-order chi connectivity index (χ0) is 41.4. The molecule has 0 fully saturated rings. The topological polar surface area (TPSA) is 206 Å². The van der Waals surface area contributed by atoms with E-state index < -0.39 is 42.3 Å². The van der Waals surface area contributed by atoms with Crippen LogP contribution in [0.5, 0.6) is 0 Å². The fourth-order valence-electron chi connectivity index (χ4n) is 5.74. The highest BCUT2D eigenvalue weighted by molar-refractivity contribution is 5.81. The maximum absolute atomic E-state index is 11.7. The average molecular weight is 769 g/mol. The van der Waals surface area contributed by atoms with Crippen molar-refractivity contribution in [2.75, 3.05) is 13.2 Å². The van der Waals surface area contributed by atoms with Gasteiger partial charge in [-0.2, -0.15) is 0 Å². The number of hydrogen-bond donors (Lipinski definition) is 5. The number of carbonyl (C=O) groups excluding carboxylic acids is 4. The first kappa shape index (κ1) is 44.1. The summed E-state index contributed by atoms with van der Waals surface area (Å²) in [6, 6.07) is 30.9. The third-order valence-corrected chi connectivity index (χ3v) is 8.63. The van der Waals surface area contributed by atoms with E-state index in [1.54, 1.807) is 20.8 Å². The van der Waals surface area contributed by atoms with Gasteiger partial charge in [0.25, 0.3) is 0 Å². The molecule has 0 heterocycles. The SMILES string of the molecule is CC(C)C(=O)O.CC(NC(=O)OCC1c2ccccc2-c2ccccc21)C(=O)O.C[C@@H](C=O)NC(=O)OCC1c2ccccc2-c2ccccc21.C[C@H](O)C=O. The molecule has 6 rings (SSSR count). The van der Waals surface area contributed by atoms with Crippen LogP contribution in [0.3, 0.4) is 0 Å². The highest BCUT2D eigenvalue weighted by Gasteiger charge is 2.30. The molecule has 13 nitrogen and oxygen atoms in total. The summed E-state index contributed by atoms with van der Waals surface area (Å²) in [7, 11) is 0. The van der Waals surface area contributed by atoms with E-state index in [9.17, 15) is 28.8 Å². The van der Waals surface area contributed by atoms with Crippen molar-refractivity contribution in [2.24, 2.45) is 5.92 Å². The number of rotatable bonds is 10. The normalized spacial score (nSPS) is 13.3. The van der Waals surface area contributed by atoms with Crippen molar-refractivity contribution in [1.29, 1.82) is 0 Å². The highest BCUT2D eigenvalue weighted by Crippen LogP contribution is 2.45. The van der Waals surface area contributed by atoms with Crippen molar-refractivity contribution < 1.29 is 53.6 Å². The van der Waals surface area contributed by atoms with E-state index in [4.69, 9.17) is 24.8 Å². The molecule has 0 bridgehead atoms. The molecule has 4 aromatic carbocycles. The predicted molar refractivity (Wildman–Crippen MR) is 209 cm³/mol. The summed E-state index contributed by atoms with van der Waals surface area (Å²) in [6.45, 7) is 8.12. The highest BCUT2D eigenvalue weighted by atomic mass is 16.6. The second-order valence-electron chi connectivity index (χ2n) is 13.3. The molecule has 0 aliphatic heterocycles. The van der Waals surface area contributed by atoms with Crippen molar-refractivity contribution in [1.82, 2.24) is 10.6 Å². The number of nitrogens with one attached hydrogen (secondary N) is 2. The fourth-order valence-corrected chi connectivity index (χ4v) is 5.74. The molecule has 0 saturated carbocycles. The van der Waals surface area contributed by atoms with Crippen LogP contribution in [0.4, 0.5) is 9.59 Å². The molecule has 5 N–H and O–H groups in total. The first-order chi connectivity index (χ1) is 26.7. The molecule has 0 aromatic heterocycles. The lowest BCUT2D eigenvalue weighted by molar-refractivity contribution is -0.140. The number of aliphatic hydroxyl groups excluding tert-OH is 1. The van der Waals surface area contributed by atoms with E-state index in [1.165, 1.54) is 36.1 Å². The Morgan fingerprint density at radius 1 is 0.571 bits per heavy atom. The summed E-state index contributed by atoms with van der Waals surface area (Å²) in [5, 5.41) is 29.5.